The number of hydrogen-bond donors (Lipinski definition) is 2. The maximum absolute atomic E-state index is 12.0. The van der Waals surface area contributed by atoms with Crippen LogP contribution in [0.3, 0.4) is 0 Å². The molecule has 0 spiro atoms. The average Bonchev–Trinajstić information content (AvgIpc) is 2.91. The Morgan fingerprint density at radius 2 is 2.05 bits per heavy atom. The molecule has 0 fully saturated rings. The number of H-pyrrole nitrogens is 1. The molecule has 2 aromatic heterocycles. The van der Waals surface area contributed by atoms with Crippen LogP contribution < -0.4 is 10.9 Å². The molecule has 0 radical (unpaired) electrons. The molecule has 0 aliphatic carbocycles. The number of anilines is 1. The van der Waals surface area contributed by atoms with Gasteiger partial charge in [0.15, 0.2) is 0 Å². The van der Waals surface area contributed by atoms with Crippen LogP contribution in [0.2, 0.25) is 0 Å². The summed E-state index contributed by atoms with van der Waals surface area (Å²) in [7, 11) is 0. The van der Waals surface area contributed by atoms with Gasteiger partial charge in [-0.25, -0.2) is 4.98 Å². The Hall–Kier alpha value is -2.15. The minimum atomic E-state index is -0.141. The van der Waals surface area contributed by atoms with Crippen LogP contribution in [0.15, 0.2) is 39.6 Å². The van der Waals surface area contributed by atoms with Gasteiger partial charge in [-0.1, -0.05) is 41.4 Å². The molecule has 2 heterocycles. The molecule has 0 aliphatic heterocycles. The van der Waals surface area contributed by atoms with E-state index in [1.54, 1.807) is 6.07 Å². The van der Waals surface area contributed by atoms with E-state index < -0.39 is 0 Å². The lowest BCUT2D eigenvalue weighted by Gasteiger charge is -2.02. The highest BCUT2D eigenvalue weighted by molar-refractivity contribution is 9.10. The van der Waals surface area contributed by atoms with E-state index in [0.717, 1.165) is 28.6 Å². The summed E-state index contributed by atoms with van der Waals surface area (Å²) < 4.78 is 2.39. The summed E-state index contributed by atoms with van der Waals surface area (Å²) in [6.07, 6.45) is 1.72. The second kappa shape index (κ2) is 6.31. The molecule has 0 amide bonds. The first-order chi connectivity index (χ1) is 10.7. The molecular weight excluding hydrogens is 346 g/mol. The molecule has 114 valence electrons. The number of halogens is 1. The highest BCUT2D eigenvalue weighted by Gasteiger charge is 2.07. The van der Waals surface area contributed by atoms with Crippen molar-refractivity contribution < 1.29 is 0 Å². The van der Waals surface area contributed by atoms with Gasteiger partial charge in [-0.15, -0.1) is 0 Å². The standard InChI is InChI=1S/C15H16BrN5O/c1-2-3-12-8-13(22)21-15(18-12)19-14(20-21)17-9-10-4-6-11(16)7-5-10/h4-8H,2-3,9H2,1H3,(H2,17,18,19,20). The van der Waals surface area contributed by atoms with Gasteiger partial charge in [0, 0.05) is 17.1 Å². The number of aryl methyl sites for hydroxylation is 1. The van der Waals surface area contributed by atoms with Gasteiger partial charge in [-0.3, -0.25) is 9.89 Å². The number of rotatable bonds is 5. The predicted molar refractivity (Wildman–Crippen MR) is 89.1 cm³/mol. The average molecular weight is 362 g/mol. The van der Waals surface area contributed by atoms with Crippen LogP contribution in [0.25, 0.3) is 5.78 Å². The molecule has 6 nitrogen and oxygen atoms in total. The van der Waals surface area contributed by atoms with Crippen LogP contribution in [-0.2, 0) is 13.0 Å². The van der Waals surface area contributed by atoms with Crippen molar-refractivity contribution in [3.8, 4) is 0 Å². The van der Waals surface area contributed by atoms with E-state index in [1.807, 2.05) is 24.3 Å². The first-order valence-corrected chi connectivity index (χ1v) is 7.92. The zero-order chi connectivity index (χ0) is 15.5. The van der Waals surface area contributed by atoms with Crippen molar-refractivity contribution in [2.75, 3.05) is 5.32 Å². The molecule has 3 rings (SSSR count). The molecule has 22 heavy (non-hydrogen) atoms. The Bertz CT molecular complexity index is 837. The van der Waals surface area contributed by atoms with Crippen LogP contribution in [0, 0.1) is 0 Å². The second-order valence-corrected chi connectivity index (χ2v) is 5.94. The lowest BCUT2D eigenvalue weighted by atomic mass is 10.2. The Kier molecular flexibility index (Phi) is 4.24. The topological polar surface area (TPSA) is 75.1 Å². The zero-order valence-electron chi connectivity index (χ0n) is 12.1. The van der Waals surface area contributed by atoms with E-state index in [2.05, 4.69) is 43.2 Å². The van der Waals surface area contributed by atoms with E-state index in [9.17, 15) is 4.79 Å². The number of aromatic amines is 1. The quantitative estimate of drug-likeness (QED) is 0.732. The molecule has 0 bridgehead atoms. The SMILES string of the molecule is CCCc1cc(=O)n2[nH]c(NCc3ccc(Br)cc3)nc2n1. The highest BCUT2D eigenvalue weighted by atomic mass is 79.9. The molecule has 1 aromatic carbocycles. The fraction of sp³-hybridized carbons (Fsp3) is 0.267. The van der Waals surface area contributed by atoms with Gasteiger partial charge in [-0.05, 0) is 24.1 Å². The Morgan fingerprint density at radius 3 is 2.77 bits per heavy atom. The van der Waals surface area contributed by atoms with Crippen molar-refractivity contribution in [3.63, 3.8) is 0 Å². The number of aromatic nitrogens is 4. The smallest absolute Gasteiger partial charge is 0.274 e. The van der Waals surface area contributed by atoms with E-state index in [1.165, 1.54) is 4.52 Å². The summed E-state index contributed by atoms with van der Waals surface area (Å²) >= 11 is 3.41. The largest absolute Gasteiger partial charge is 0.351 e. The van der Waals surface area contributed by atoms with Gasteiger partial charge >= 0.3 is 0 Å². The van der Waals surface area contributed by atoms with E-state index in [4.69, 9.17) is 0 Å². The van der Waals surface area contributed by atoms with E-state index in [-0.39, 0.29) is 5.56 Å². The van der Waals surface area contributed by atoms with Gasteiger partial charge in [0.25, 0.3) is 11.3 Å². The summed E-state index contributed by atoms with van der Waals surface area (Å²) in [5.74, 6) is 0.926. The molecule has 0 atom stereocenters. The Balaban J connectivity index is 1.81. The zero-order valence-corrected chi connectivity index (χ0v) is 13.7. The molecule has 0 saturated carbocycles. The predicted octanol–water partition coefficient (Wildman–Crippen LogP) is 2.74. The van der Waals surface area contributed by atoms with Crippen molar-refractivity contribution in [3.05, 3.63) is 56.4 Å². The Labute approximate surface area is 135 Å². The maximum atomic E-state index is 12.0. The van der Waals surface area contributed by atoms with Gasteiger partial charge < -0.3 is 5.32 Å². The lowest BCUT2D eigenvalue weighted by Crippen LogP contribution is -2.15. The number of nitrogens with zero attached hydrogens (tertiary/aromatic N) is 3. The van der Waals surface area contributed by atoms with Gasteiger partial charge in [-0.2, -0.15) is 9.50 Å². The van der Waals surface area contributed by atoms with Gasteiger partial charge in [0.1, 0.15) is 0 Å². The van der Waals surface area contributed by atoms with E-state index >= 15 is 0 Å². The van der Waals surface area contributed by atoms with Crippen molar-refractivity contribution in [2.24, 2.45) is 0 Å². The van der Waals surface area contributed by atoms with Crippen LogP contribution >= 0.6 is 15.9 Å². The monoisotopic (exact) mass is 361 g/mol. The van der Waals surface area contributed by atoms with Crippen LogP contribution in [-0.4, -0.2) is 19.6 Å². The summed E-state index contributed by atoms with van der Waals surface area (Å²) in [6, 6.07) is 9.55. The molecule has 3 aromatic rings. The maximum Gasteiger partial charge on any atom is 0.274 e. The minimum absolute atomic E-state index is 0.141. The molecule has 0 saturated heterocycles. The fourth-order valence-electron chi connectivity index (χ4n) is 2.18. The fourth-order valence-corrected chi connectivity index (χ4v) is 2.44. The summed E-state index contributed by atoms with van der Waals surface area (Å²) in [4.78, 5) is 20.7. The number of nitrogens with one attached hydrogen (secondary N) is 2. The van der Waals surface area contributed by atoms with Crippen molar-refractivity contribution in [1.29, 1.82) is 0 Å². The minimum Gasteiger partial charge on any atom is -0.351 e. The summed E-state index contributed by atoms with van der Waals surface area (Å²) in [6.45, 7) is 2.67. The van der Waals surface area contributed by atoms with Crippen molar-refractivity contribution in [1.82, 2.24) is 19.6 Å². The summed E-state index contributed by atoms with van der Waals surface area (Å²) in [5.41, 5.74) is 1.76. The Morgan fingerprint density at radius 1 is 1.27 bits per heavy atom. The number of benzene rings is 1. The van der Waals surface area contributed by atoms with Crippen molar-refractivity contribution in [2.45, 2.75) is 26.3 Å². The number of hydrogen-bond acceptors (Lipinski definition) is 4. The molecule has 7 heteroatoms. The van der Waals surface area contributed by atoms with Crippen LogP contribution in [0.5, 0.6) is 0 Å². The molecular formula is C15H16BrN5O. The van der Waals surface area contributed by atoms with Crippen LogP contribution in [0.1, 0.15) is 24.6 Å². The first-order valence-electron chi connectivity index (χ1n) is 7.12. The third-order valence-corrected chi connectivity index (χ3v) is 3.79. The van der Waals surface area contributed by atoms with E-state index in [0.29, 0.717) is 18.3 Å². The van der Waals surface area contributed by atoms with Gasteiger partial charge in [0.05, 0.1) is 5.69 Å². The van der Waals surface area contributed by atoms with Crippen LogP contribution in [0.4, 0.5) is 5.95 Å². The molecule has 0 unspecified atom stereocenters. The third-order valence-electron chi connectivity index (χ3n) is 3.26. The second-order valence-electron chi connectivity index (χ2n) is 5.02. The number of fused-ring (bicyclic) bond motifs is 1. The van der Waals surface area contributed by atoms with Crippen molar-refractivity contribution >= 4 is 27.7 Å². The third kappa shape index (κ3) is 3.19. The summed E-state index contributed by atoms with van der Waals surface area (Å²) in [5, 5.41) is 6.09. The first kappa shape index (κ1) is 14.8. The molecule has 2 N–H and O–H groups in total. The highest BCUT2D eigenvalue weighted by Crippen LogP contribution is 2.11. The molecule has 0 aliphatic rings. The lowest BCUT2D eigenvalue weighted by molar-refractivity contribution is 0.837. The normalized spacial score (nSPS) is 11.0. The van der Waals surface area contributed by atoms with Gasteiger partial charge in [0.2, 0.25) is 5.95 Å².